The molecule has 1 aromatic carbocycles. The van der Waals surface area contributed by atoms with Crippen molar-refractivity contribution in [2.45, 2.75) is 25.7 Å². The van der Waals surface area contributed by atoms with Gasteiger partial charge in [0.1, 0.15) is 0 Å². The molecule has 0 atom stereocenters. The average molecular weight is 392 g/mol. The van der Waals surface area contributed by atoms with Crippen molar-refractivity contribution < 1.29 is 9.59 Å². The summed E-state index contributed by atoms with van der Waals surface area (Å²) in [4.78, 5) is 26.3. The molecule has 0 aromatic heterocycles. The Labute approximate surface area is 168 Å². The van der Waals surface area contributed by atoms with Crippen molar-refractivity contribution in [2.75, 3.05) is 31.5 Å². The van der Waals surface area contributed by atoms with Gasteiger partial charge in [-0.2, -0.15) is 0 Å². The minimum absolute atomic E-state index is 0. The molecule has 1 aliphatic heterocycles. The monoisotopic (exact) mass is 391 g/mol. The van der Waals surface area contributed by atoms with Crippen molar-refractivity contribution in [3.63, 3.8) is 0 Å². The van der Waals surface area contributed by atoms with Crippen LogP contribution >= 0.6 is 12.4 Å². The second-order valence-electron chi connectivity index (χ2n) is 6.65. The fraction of sp³-hybridized carbons (Fsp3) is 0.429. The SMILES string of the molecule is C=CCN(CC=C)C(=O)c1ccc(NC(=O)CCC2CCNCC2)cc1.Cl. The summed E-state index contributed by atoms with van der Waals surface area (Å²) in [7, 11) is 0. The summed E-state index contributed by atoms with van der Waals surface area (Å²) in [6.07, 6.45) is 7.16. The first-order valence-electron chi connectivity index (χ1n) is 9.25. The number of rotatable bonds is 9. The first-order chi connectivity index (χ1) is 12.6. The van der Waals surface area contributed by atoms with Crippen LogP contribution < -0.4 is 10.6 Å². The highest BCUT2D eigenvalue weighted by Crippen LogP contribution is 2.18. The number of carbonyl (C=O) groups excluding carboxylic acids is 2. The highest BCUT2D eigenvalue weighted by atomic mass is 35.5. The van der Waals surface area contributed by atoms with Crippen LogP contribution in [0.1, 0.15) is 36.0 Å². The molecule has 6 heteroatoms. The van der Waals surface area contributed by atoms with E-state index in [1.165, 1.54) is 0 Å². The Morgan fingerprint density at radius 2 is 1.70 bits per heavy atom. The summed E-state index contributed by atoms with van der Waals surface area (Å²) in [5, 5.41) is 6.25. The molecule has 1 aromatic rings. The second-order valence-corrected chi connectivity index (χ2v) is 6.65. The molecule has 27 heavy (non-hydrogen) atoms. The number of anilines is 1. The van der Waals surface area contributed by atoms with Crippen LogP contribution in [0, 0.1) is 5.92 Å². The van der Waals surface area contributed by atoms with Gasteiger partial charge in [-0.1, -0.05) is 12.2 Å². The predicted molar refractivity (Wildman–Crippen MR) is 113 cm³/mol. The summed E-state index contributed by atoms with van der Waals surface area (Å²) < 4.78 is 0. The molecule has 0 bridgehead atoms. The molecule has 2 rings (SSSR count). The zero-order chi connectivity index (χ0) is 18.8. The molecule has 1 fully saturated rings. The third-order valence-electron chi connectivity index (χ3n) is 4.64. The van der Waals surface area contributed by atoms with Crippen molar-refractivity contribution in [3.05, 3.63) is 55.1 Å². The third kappa shape index (κ3) is 7.57. The molecule has 0 aliphatic carbocycles. The zero-order valence-electron chi connectivity index (χ0n) is 15.8. The van der Waals surface area contributed by atoms with E-state index >= 15 is 0 Å². The fourth-order valence-electron chi connectivity index (χ4n) is 3.16. The smallest absolute Gasteiger partial charge is 0.254 e. The Morgan fingerprint density at radius 1 is 1.11 bits per heavy atom. The van der Waals surface area contributed by atoms with Crippen molar-refractivity contribution in [2.24, 2.45) is 5.92 Å². The Bertz CT molecular complexity index is 615. The van der Waals surface area contributed by atoms with E-state index in [9.17, 15) is 9.59 Å². The molecular weight excluding hydrogens is 362 g/mol. The van der Waals surface area contributed by atoms with Gasteiger partial charge in [-0.3, -0.25) is 9.59 Å². The lowest BCUT2D eigenvalue weighted by Crippen LogP contribution is -2.31. The summed E-state index contributed by atoms with van der Waals surface area (Å²) in [6.45, 7) is 10.4. The van der Waals surface area contributed by atoms with Gasteiger partial charge in [0.2, 0.25) is 5.91 Å². The molecule has 1 aliphatic rings. The number of benzene rings is 1. The van der Waals surface area contributed by atoms with Gasteiger partial charge in [-0.05, 0) is 62.5 Å². The van der Waals surface area contributed by atoms with Gasteiger partial charge >= 0.3 is 0 Å². The minimum Gasteiger partial charge on any atom is -0.331 e. The van der Waals surface area contributed by atoms with Gasteiger partial charge < -0.3 is 15.5 Å². The van der Waals surface area contributed by atoms with Gasteiger partial charge in [-0.25, -0.2) is 0 Å². The quantitative estimate of drug-likeness (QED) is 0.632. The molecule has 0 unspecified atom stereocenters. The lowest BCUT2D eigenvalue weighted by Gasteiger charge is -2.22. The van der Waals surface area contributed by atoms with Gasteiger partial charge in [0.25, 0.3) is 5.91 Å². The van der Waals surface area contributed by atoms with Crippen LogP contribution in [-0.4, -0.2) is 42.9 Å². The van der Waals surface area contributed by atoms with Crippen LogP contribution in [-0.2, 0) is 4.79 Å². The minimum atomic E-state index is -0.0754. The Hall–Kier alpha value is -2.11. The van der Waals surface area contributed by atoms with Gasteiger partial charge in [0, 0.05) is 30.8 Å². The Kier molecular flexibility index (Phi) is 10.5. The number of halogens is 1. The largest absolute Gasteiger partial charge is 0.331 e. The topological polar surface area (TPSA) is 61.4 Å². The second kappa shape index (κ2) is 12.3. The maximum absolute atomic E-state index is 12.5. The first-order valence-corrected chi connectivity index (χ1v) is 9.25. The molecule has 2 amide bonds. The van der Waals surface area contributed by atoms with Crippen molar-refractivity contribution in [1.82, 2.24) is 10.2 Å². The van der Waals surface area contributed by atoms with E-state index in [1.54, 1.807) is 41.3 Å². The summed E-state index contributed by atoms with van der Waals surface area (Å²) in [6, 6.07) is 7.03. The number of piperidine rings is 1. The van der Waals surface area contributed by atoms with Crippen LogP contribution in [0.25, 0.3) is 0 Å². The Balaban J connectivity index is 0.00000364. The van der Waals surface area contributed by atoms with E-state index in [2.05, 4.69) is 23.8 Å². The van der Waals surface area contributed by atoms with Crippen LogP contribution in [0.5, 0.6) is 0 Å². The van der Waals surface area contributed by atoms with Crippen LogP contribution in [0.2, 0.25) is 0 Å². The van der Waals surface area contributed by atoms with Crippen molar-refractivity contribution >= 4 is 29.9 Å². The maximum atomic E-state index is 12.5. The lowest BCUT2D eigenvalue weighted by atomic mass is 9.93. The van der Waals surface area contributed by atoms with Gasteiger partial charge in [-0.15, -0.1) is 25.6 Å². The number of hydrogen-bond acceptors (Lipinski definition) is 3. The van der Waals surface area contributed by atoms with Crippen molar-refractivity contribution in [1.29, 1.82) is 0 Å². The highest BCUT2D eigenvalue weighted by Gasteiger charge is 2.15. The number of carbonyl (C=O) groups is 2. The molecule has 0 saturated carbocycles. The number of nitrogens with zero attached hydrogens (tertiary/aromatic N) is 1. The van der Waals surface area contributed by atoms with Crippen LogP contribution in [0.3, 0.4) is 0 Å². The average Bonchev–Trinajstić information content (AvgIpc) is 2.67. The summed E-state index contributed by atoms with van der Waals surface area (Å²) in [5.74, 6) is 0.596. The van der Waals surface area contributed by atoms with Crippen molar-refractivity contribution in [3.8, 4) is 0 Å². The summed E-state index contributed by atoms with van der Waals surface area (Å²) >= 11 is 0. The van der Waals surface area contributed by atoms with Gasteiger partial charge in [0.15, 0.2) is 0 Å². The highest BCUT2D eigenvalue weighted by molar-refractivity contribution is 5.96. The standard InChI is InChI=1S/C21H29N3O2.ClH/c1-3-15-24(16-4-2)21(26)18-6-8-19(9-7-18)23-20(25)10-5-17-11-13-22-14-12-17;/h3-4,6-9,17,22H,1-2,5,10-16H2,(H,23,25);1H. The maximum Gasteiger partial charge on any atom is 0.254 e. The van der Waals surface area contributed by atoms with E-state index in [0.717, 1.165) is 38.0 Å². The van der Waals surface area contributed by atoms with E-state index in [4.69, 9.17) is 0 Å². The Morgan fingerprint density at radius 3 is 2.26 bits per heavy atom. The van der Waals surface area contributed by atoms with E-state index in [1.807, 2.05) is 0 Å². The molecule has 0 spiro atoms. The van der Waals surface area contributed by atoms with Crippen LogP contribution in [0.4, 0.5) is 5.69 Å². The lowest BCUT2D eigenvalue weighted by molar-refractivity contribution is -0.116. The van der Waals surface area contributed by atoms with E-state index in [0.29, 0.717) is 31.0 Å². The van der Waals surface area contributed by atoms with Gasteiger partial charge in [0.05, 0.1) is 0 Å². The molecule has 2 N–H and O–H groups in total. The number of nitrogens with one attached hydrogen (secondary N) is 2. The molecule has 1 saturated heterocycles. The molecule has 148 valence electrons. The summed E-state index contributed by atoms with van der Waals surface area (Å²) in [5.41, 5.74) is 1.30. The molecular formula is C21H30ClN3O2. The molecule has 5 nitrogen and oxygen atoms in total. The normalized spacial score (nSPS) is 13.9. The molecule has 1 heterocycles. The molecule has 0 radical (unpaired) electrons. The number of amides is 2. The van der Waals surface area contributed by atoms with E-state index < -0.39 is 0 Å². The zero-order valence-corrected chi connectivity index (χ0v) is 16.6. The first kappa shape index (κ1) is 22.9. The number of hydrogen-bond donors (Lipinski definition) is 2. The fourth-order valence-corrected chi connectivity index (χ4v) is 3.16. The predicted octanol–water partition coefficient (Wildman–Crippen LogP) is 3.64. The van der Waals surface area contributed by atoms with E-state index in [-0.39, 0.29) is 24.2 Å². The third-order valence-corrected chi connectivity index (χ3v) is 4.64. The van der Waals surface area contributed by atoms with Crippen LogP contribution in [0.15, 0.2) is 49.6 Å².